The molecule has 0 aliphatic heterocycles. The Morgan fingerprint density at radius 1 is 0.325 bits per heavy atom. The number of rotatable bonds is 9. The van der Waals surface area contributed by atoms with Crippen molar-refractivity contribution in [1.82, 2.24) is 19.9 Å². The van der Waals surface area contributed by atoms with Gasteiger partial charge in [0.25, 0.3) is 0 Å². The summed E-state index contributed by atoms with van der Waals surface area (Å²) in [5.41, 5.74) is 25.0. The van der Waals surface area contributed by atoms with E-state index >= 15 is 0 Å². The van der Waals surface area contributed by atoms with Crippen molar-refractivity contribution < 1.29 is 80.4 Å². The first-order valence-electron chi connectivity index (χ1n) is 26.7. The zero-order chi connectivity index (χ0) is 54.8. The molecule has 0 aliphatic carbocycles. The molecule has 0 saturated heterocycles. The van der Waals surface area contributed by atoms with Gasteiger partial charge in [-0.25, -0.2) is 0 Å². The van der Waals surface area contributed by atoms with Crippen molar-refractivity contribution in [3.05, 3.63) is 313 Å². The van der Waals surface area contributed by atoms with Crippen LogP contribution >= 0.6 is 0 Å². The van der Waals surface area contributed by atoms with Crippen molar-refractivity contribution in [3.63, 3.8) is 0 Å². The molecule has 0 saturated carbocycles. The van der Waals surface area contributed by atoms with Crippen LogP contribution < -0.4 is 0 Å². The second-order valence-electron chi connectivity index (χ2n) is 19.2. The average molecular weight is 1790 g/mol. The molecule has 0 aliphatic rings. The average Bonchev–Trinajstić information content (AvgIpc) is 3.57. The molecular weight excluding hydrogens is 1730 g/mol. The SMILES string of the molecule is CCc1cc(-c2[c-]cccc2)ncc1-c1ccccc1.Cc1cc(-c2[c-]cccc2)ncc1-c1ccccc1.Cc1cccc(-c2cnc(-c3[c-]cccc3C)cc2C)c1.Cc1nc(-c2[c-]cccc2)ccc1-c1ccccc1.[Ir].[Ir].[Ir].[Ir]. The van der Waals surface area contributed by atoms with Gasteiger partial charge >= 0.3 is 0 Å². The van der Waals surface area contributed by atoms with Crippen molar-refractivity contribution in [1.29, 1.82) is 0 Å². The summed E-state index contributed by atoms with van der Waals surface area (Å²) in [7, 11) is 0. The van der Waals surface area contributed by atoms with Gasteiger partial charge in [0.15, 0.2) is 0 Å². The van der Waals surface area contributed by atoms with E-state index in [1.807, 2.05) is 146 Å². The molecule has 4 radical (unpaired) electrons. The summed E-state index contributed by atoms with van der Waals surface area (Å²) in [6, 6.07) is 93.1. The molecule has 83 heavy (non-hydrogen) atoms. The zero-order valence-corrected chi connectivity index (χ0v) is 56.7. The Bertz CT molecular complexity index is 3740. The van der Waals surface area contributed by atoms with E-state index in [9.17, 15) is 0 Å². The van der Waals surface area contributed by atoms with E-state index in [1.165, 1.54) is 72.3 Å². The molecule has 4 aromatic heterocycles. The van der Waals surface area contributed by atoms with Crippen molar-refractivity contribution in [2.24, 2.45) is 0 Å². The van der Waals surface area contributed by atoms with E-state index in [4.69, 9.17) is 0 Å². The van der Waals surface area contributed by atoms with Gasteiger partial charge in [-0.05, 0) is 95.8 Å². The predicted octanol–water partition coefficient (Wildman–Crippen LogP) is 19.0. The number of hydrogen-bond acceptors (Lipinski definition) is 4. The van der Waals surface area contributed by atoms with Gasteiger partial charge in [0.05, 0.1) is 0 Å². The Hall–Kier alpha value is -7.04. The number of pyridine rings is 4. The Balaban J connectivity index is 0.000000200. The van der Waals surface area contributed by atoms with Gasteiger partial charge in [-0.3, -0.25) is 0 Å². The van der Waals surface area contributed by atoms with Gasteiger partial charge in [0, 0.05) is 127 Å². The number of hydrogen-bond donors (Lipinski definition) is 0. The second kappa shape index (κ2) is 33.9. The van der Waals surface area contributed by atoms with Crippen molar-refractivity contribution in [2.75, 3.05) is 0 Å². The fraction of sp³-hybridized carbons (Fsp3) is 0.0933. The molecule has 8 aromatic carbocycles. The molecule has 0 fully saturated rings. The second-order valence-corrected chi connectivity index (χ2v) is 19.2. The first-order chi connectivity index (χ1) is 38.7. The Morgan fingerprint density at radius 2 is 0.759 bits per heavy atom. The molecule has 8 heteroatoms. The molecule has 0 spiro atoms. The van der Waals surface area contributed by atoms with Crippen LogP contribution in [0.2, 0.25) is 0 Å². The molecule has 0 amide bonds. The first-order valence-corrected chi connectivity index (χ1v) is 26.7. The van der Waals surface area contributed by atoms with Crippen molar-refractivity contribution >= 4 is 0 Å². The third-order valence-electron chi connectivity index (χ3n) is 13.5. The van der Waals surface area contributed by atoms with Crippen LogP contribution in [0.4, 0.5) is 0 Å². The molecule has 0 N–H and O–H groups in total. The van der Waals surface area contributed by atoms with Gasteiger partial charge in [-0.2, -0.15) is 0 Å². The summed E-state index contributed by atoms with van der Waals surface area (Å²) in [6.07, 6.45) is 6.89. The Labute approximate surface area is 545 Å². The van der Waals surface area contributed by atoms with Crippen LogP contribution in [0.5, 0.6) is 0 Å². The van der Waals surface area contributed by atoms with Crippen LogP contribution in [0.1, 0.15) is 40.4 Å². The van der Waals surface area contributed by atoms with Crippen LogP contribution in [0.3, 0.4) is 0 Å². The molecule has 0 bridgehead atoms. The standard InChI is InChI=1S/C20H18N.C19H16N.2C18H14N.4Ir/c1-14-7-6-9-17(11-14)19-13-21-20(12-16(19)3)18-10-5-4-8-15(18)2;1-2-15-13-19(17-11-7-4-8-12-17)20-14-18(15)16-9-5-3-6-10-16;1-14-12-18(16-10-6-3-7-11-16)19-13-17(14)15-8-4-2-5-9-15;1-14-17(15-8-4-2-5-9-15)12-13-18(19-14)16-10-6-3-7-11-16;;;;/h4-9,11-13H,1-3H3;3-11,13-14H,2H2,1H3;2*2-10,12-13H,1H3;;;;/q4*-1;;;;. The minimum atomic E-state index is 0. The van der Waals surface area contributed by atoms with Gasteiger partial charge in [0.2, 0.25) is 0 Å². The number of aromatic nitrogens is 4. The van der Waals surface area contributed by atoms with E-state index in [-0.39, 0.29) is 80.4 Å². The van der Waals surface area contributed by atoms with Gasteiger partial charge < -0.3 is 19.9 Å². The molecule has 12 aromatic rings. The third-order valence-corrected chi connectivity index (χ3v) is 13.5. The zero-order valence-electron chi connectivity index (χ0n) is 47.1. The smallest absolute Gasteiger partial charge is 0.0344 e. The third kappa shape index (κ3) is 18.2. The Morgan fingerprint density at radius 3 is 1.24 bits per heavy atom. The fourth-order valence-corrected chi connectivity index (χ4v) is 9.33. The number of nitrogens with zero attached hydrogens (tertiary/aromatic N) is 4. The summed E-state index contributed by atoms with van der Waals surface area (Å²) < 4.78 is 0. The van der Waals surface area contributed by atoms with E-state index < -0.39 is 0 Å². The topological polar surface area (TPSA) is 51.6 Å². The van der Waals surface area contributed by atoms with Crippen molar-refractivity contribution in [2.45, 2.75) is 48.0 Å². The molecule has 12 rings (SSSR count). The summed E-state index contributed by atoms with van der Waals surface area (Å²) in [5.74, 6) is 0. The summed E-state index contributed by atoms with van der Waals surface area (Å²) in [5, 5.41) is 0. The van der Waals surface area contributed by atoms with E-state index in [1.54, 1.807) is 0 Å². The summed E-state index contributed by atoms with van der Waals surface area (Å²) in [4.78, 5) is 18.5. The van der Waals surface area contributed by atoms with Gasteiger partial charge in [0.1, 0.15) is 0 Å². The molecule has 4 nitrogen and oxygen atoms in total. The van der Waals surface area contributed by atoms with Gasteiger partial charge in [-0.15, -0.1) is 143 Å². The van der Waals surface area contributed by atoms with Crippen LogP contribution in [-0.4, -0.2) is 19.9 Å². The monoisotopic (exact) mass is 1790 g/mol. The maximum absolute atomic E-state index is 4.69. The fourth-order valence-electron chi connectivity index (χ4n) is 9.33. The Kier molecular flexibility index (Phi) is 27.3. The van der Waals surface area contributed by atoms with Crippen LogP contribution in [-0.2, 0) is 86.8 Å². The largest absolute Gasteiger partial charge is 0.304 e. The first kappa shape index (κ1) is 66.8. The van der Waals surface area contributed by atoms with Crippen LogP contribution in [0.15, 0.2) is 255 Å². The summed E-state index contributed by atoms with van der Waals surface area (Å²) in [6.45, 7) is 12.7. The molecule has 422 valence electrons. The maximum Gasteiger partial charge on any atom is 0.0344 e. The van der Waals surface area contributed by atoms with E-state index in [0.717, 1.165) is 57.1 Å². The maximum atomic E-state index is 4.69. The van der Waals surface area contributed by atoms with Crippen molar-refractivity contribution in [3.8, 4) is 89.5 Å². The molecule has 4 heterocycles. The number of aryl methyl sites for hydroxylation is 6. The van der Waals surface area contributed by atoms with Gasteiger partial charge in [-0.1, -0.05) is 165 Å². The number of benzene rings is 8. The van der Waals surface area contributed by atoms with Crippen LogP contribution in [0.25, 0.3) is 89.5 Å². The molecule has 0 unspecified atom stereocenters. The molecular formula is C75H62Ir4N4-4. The van der Waals surface area contributed by atoms with E-state index in [2.05, 4.69) is 195 Å². The predicted molar refractivity (Wildman–Crippen MR) is 329 cm³/mol. The quantitative estimate of drug-likeness (QED) is 0.135. The minimum Gasteiger partial charge on any atom is -0.304 e. The van der Waals surface area contributed by atoms with Crippen LogP contribution in [0, 0.1) is 58.9 Å². The minimum absolute atomic E-state index is 0. The van der Waals surface area contributed by atoms with E-state index in [0.29, 0.717) is 0 Å². The molecule has 0 atom stereocenters. The summed E-state index contributed by atoms with van der Waals surface area (Å²) >= 11 is 0. The normalized spacial score (nSPS) is 9.95.